The Labute approximate surface area is 155 Å². The van der Waals surface area contributed by atoms with Gasteiger partial charge in [-0.1, -0.05) is 28.9 Å². The molecule has 0 bridgehead atoms. The van der Waals surface area contributed by atoms with Crippen LogP contribution in [-0.4, -0.2) is 23.3 Å². The molecular formula is C18H17ClN4O3. The smallest absolute Gasteiger partial charge is 0.315 e. The third-order valence-corrected chi connectivity index (χ3v) is 3.79. The van der Waals surface area contributed by atoms with E-state index in [0.29, 0.717) is 23.3 Å². The normalized spacial score (nSPS) is 10.4. The van der Waals surface area contributed by atoms with E-state index in [4.69, 9.17) is 20.9 Å². The molecule has 0 atom stereocenters. The fraction of sp³-hybridized carbons (Fsp3) is 0.167. The van der Waals surface area contributed by atoms with E-state index in [9.17, 15) is 4.79 Å². The van der Waals surface area contributed by atoms with Crippen LogP contribution in [0.15, 0.2) is 53.1 Å². The van der Waals surface area contributed by atoms with Gasteiger partial charge >= 0.3 is 6.03 Å². The van der Waals surface area contributed by atoms with Gasteiger partial charge in [-0.15, -0.1) is 0 Å². The van der Waals surface area contributed by atoms with Crippen molar-refractivity contribution in [2.45, 2.75) is 13.1 Å². The first-order chi connectivity index (χ1) is 12.6. The molecule has 134 valence electrons. The topological polar surface area (TPSA) is 89.3 Å². The van der Waals surface area contributed by atoms with E-state index in [1.165, 1.54) is 0 Å². The molecule has 2 amide bonds. The number of nitrogens with one attached hydrogen (secondary N) is 2. The zero-order chi connectivity index (χ0) is 18.4. The first-order valence-electron chi connectivity index (χ1n) is 7.87. The number of carbonyl (C=O) groups excluding carboxylic acids is 1. The van der Waals surface area contributed by atoms with Gasteiger partial charge in [-0.2, -0.15) is 4.98 Å². The summed E-state index contributed by atoms with van der Waals surface area (Å²) in [5.41, 5.74) is 1.71. The van der Waals surface area contributed by atoms with Crippen LogP contribution in [0.25, 0.3) is 11.4 Å². The molecule has 1 aromatic heterocycles. The van der Waals surface area contributed by atoms with Crippen molar-refractivity contribution in [1.29, 1.82) is 0 Å². The summed E-state index contributed by atoms with van der Waals surface area (Å²) in [4.78, 5) is 16.1. The van der Waals surface area contributed by atoms with Crippen molar-refractivity contribution >= 4 is 17.6 Å². The number of benzene rings is 2. The Morgan fingerprint density at radius 2 is 1.92 bits per heavy atom. The van der Waals surface area contributed by atoms with Crippen LogP contribution in [0.2, 0.25) is 5.02 Å². The molecule has 0 radical (unpaired) electrons. The molecule has 0 aliphatic rings. The van der Waals surface area contributed by atoms with E-state index in [2.05, 4.69) is 20.8 Å². The van der Waals surface area contributed by atoms with E-state index >= 15 is 0 Å². The van der Waals surface area contributed by atoms with Gasteiger partial charge in [0.05, 0.1) is 13.7 Å². The Balaban J connectivity index is 1.50. The number of halogens is 1. The molecule has 2 N–H and O–H groups in total. The van der Waals surface area contributed by atoms with Crippen LogP contribution in [0.4, 0.5) is 4.79 Å². The van der Waals surface area contributed by atoms with Gasteiger partial charge in [0, 0.05) is 17.1 Å². The van der Waals surface area contributed by atoms with Gasteiger partial charge in [0.1, 0.15) is 5.75 Å². The standard InChI is InChI=1S/C18H17ClN4O3/c1-25-15-7-5-13(6-8-15)17-22-16(26-23-17)11-21-18(24)20-10-12-3-2-4-14(19)9-12/h2-9H,10-11H2,1H3,(H2,20,21,24). The first kappa shape index (κ1) is 17.8. The number of amides is 2. The number of hydrogen-bond donors (Lipinski definition) is 2. The molecule has 7 nitrogen and oxygen atoms in total. The lowest BCUT2D eigenvalue weighted by Gasteiger charge is -2.06. The number of urea groups is 1. The molecule has 3 rings (SSSR count). The van der Waals surface area contributed by atoms with Crippen molar-refractivity contribution in [3.8, 4) is 17.1 Å². The SMILES string of the molecule is COc1ccc(-c2noc(CNC(=O)NCc3cccc(Cl)c3)n2)cc1. The Kier molecular flexibility index (Phi) is 5.70. The zero-order valence-electron chi connectivity index (χ0n) is 14.0. The Morgan fingerprint density at radius 3 is 2.65 bits per heavy atom. The van der Waals surface area contributed by atoms with Crippen LogP contribution in [0.5, 0.6) is 5.75 Å². The highest BCUT2D eigenvalue weighted by Gasteiger charge is 2.10. The second-order valence-corrected chi connectivity index (χ2v) is 5.84. The number of nitrogens with zero attached hydrogens (tertiary/aromatic N) is 2. The minimum Gasteiger partial charge on any atom is -0.497 e. The van der Waals surface area contributed by atoms with E-state index in [-0.39, 0.29) is 12.6 Å². The summed E-state index contributed by atoms with van der Waals surface area (Å²) in [5.74, 6) is 1.51. The molecule has 8 heteroatoms. The minimum absolute atomic E-state index is 0.129. The highest BCUT2D eigenvalue weighted by atomic mass is 35.5. The van der Waals surface area contributed by atoms with Gasteiger partial charge in [0.25, 0.3) is 0 Å². The van der Waals surface area contributed by atoms with E-state index in [1.807, 2.05) is 36.4 Å². The van der Waals surface area contributed by atoms with Gasteiger partial charge < -0.3 is 19.9 Å². The number of aromatic nitrogens is 2. The highest BCUT2D eigenvalue weighted by molar-refractivity contribution is 6.30. The average Bonchev–Trinajstić information content (AvgIpc) is 3.14. The number of carbonyl (C=O) groups is 1. The second kappa shape index (κ2) is 8.35. The molecule has 26 heavy (non-hydrogen) atoms. The molecule has 0 spiro atoms. The van der Waals surface area contributed by atoms with Gasteiger partial charge in [0.15, 0.2) is 0 Å². The van der Waals surface area contributed by atoms with Crippen LogP contribution in [0.3, 0.4) is 0 Å². The van der Waals surface area contributed by atoms with Crippen molar-refractivity contribution in [3.63, 3.8) is 0 Å². The second-order valence-electron chi connectivity index (χ2n) is 5.41. The summed E-state index contributed by atoms with van der Waals surface area (Å²) < 4.78 is 10.3. The third-order valence-electron chi connectivity index (χ3n) is 3.56. The average molecular weight is 373 g/mol. The number of methoxy groups -OCH3 is 1. The van der Waals surface area contributed by atoms with Crippen LogP contribution in [-0.2, 0) is 13.1 Å². The molecule has 0 aliphatic heterocycles. The Morgan fingerprint density at radius 1 is 1.15 bits per heavy atom. The maximum Gasteiger partial charge on any atom is 0.315 e. The molecule has 0 saturated carbocycles. The van der Waals surface area contributed by atoms with Crippen molar-refractivity contribution in [2.24, 2.45) is 0 Å². The lowest BCUT2D eigenvalue weighted by atomic mass is 10.2. The molecule has 0 fully saturated rings. The van der Waals surface area contributed by atoms with Crippen molar-refractivity contribution in [2.75, 3.05) is 7.11 Å². The van der Waals surface area contributed by atoms with E-state index < -0.39 is 0 Å². The Hall–Kier alpha value is -3.06. The summed E-state index contributed by atoms with van der Waals surface area (Å²) in [6.07, 6.45) is 0. The van der Waals surface area contributed by atoms with Crippen molar-refractivity contribution < 1.29 is 14.1 Å². The molecule has 0 aliphatic carbocycles. The number of rotatable bonds is 6. The molecular weight excluding hydrogens is 356 g/mol. The van der Waals surface area contributed by atoms with E-state index in [0.717, 1.165) is 16.9 Å². The maximum absolute atomic E-state index is 11.9. The summed E-state index contributed by atoms with van der Waals surface area (Å²) in [7, 11) is 1.60. The highest BCUT2D eigenvalue weighted by Crippen LogP contribution is 2.19. The minimum atomic E-state index is -0.339. The fourth-order valence-electron chi connectivity index (χ4n) is 2.23. The van der Waals surface area contributed by atoms with Crippen LogP contribution in [0, 0.1) is 0 Å². The van der Waals surface area contributed by atoms with Crippen LogP contribution in [0.1, 0.15) is 11.5 Å². The maximum atomic E-state index is 11.9. The Bertz CT molecular complexity index is 880. The molecule has 1 heterocycles. The van der Waals surface area contributed by atoms with Gasteiger partial charge in [-0.05, 0) is 42.0 Å². The van der Waals surface area contributed by atoms with Gasteiger partial charge in [-0.25, -0.2) is 4.79 Å². The first-order valence-corrected chi connectivity index (χ1v) is 8.25. The van der Waals surface area contributed by atoms with Crippen molar-refractivity contribution in [3.05, 3.63) is 65.0 Å². The van der Waals surface area contributed by atoms with Gasteiger partial charge in [0.2, 0.25) is 11.7 Å². The van der Waals surface area contributed by atoms with E-state index in [1.54, 1.807) is 19.2 Å². The fourth-order valence-corrected chi connectivity index (χ4v) is 2.44. The predicted molar refractivity (Wildman–Crippen MR) is 96.8 cm³/mol. The summed E-state index contributed by atoms with van der Waals surface area (Å²) in [6.45, 7) is 0.498. The number of ether oxygens (including phenoxy) is 1. The quantitative estimate of drug-likeness (QED) is 0.692. The molecule has 3 aromatic rings. The largest absolute Gasteiger partial charge is 0.497 e. The van der Waals surface area contributed by atoms with Gasteiger partial charge in [-0.3, -0.25) is 0 Å². The molecule has 0 saturated heterocycles. The monoisotopic (exact) mass is 372 g/mol. The van der Waals surface area contributed by atoms with Crippen LogP contribution >= 0.6 is 11.6 Å². The van der Waals surface area contributed by atoms with Crippen molar-refractivity contribution in [1.82, 2.24) is 20.8 Å². The van der Waals surface area contributed by atoms with Crippen LogP contribution < -0.4 is 15.4 Å². The zero-order valence-corrected chi connectivity index (χ0v) is 14.8. The summed E-state index contributed by atoms with van der Waals surface area (Å²) in [5, 5.41) is 9.94. The molecule has 2 aromatic carbocycles. The lowest BCUT2D eigenvalue weighted by Crippen LogP contribution is -2.34. The predicted octanol–water partition coefficient (Wildman–Crippen LogP) is 3.40. The third kappa shape index (κ3) is 4.73. The molecule has 0 unspecified atom stereocenters. The lowest BCUT2D eigenvalue weighted by molar-refractivity contribution is 0.238. The summed E-state index contributed by atoms with van der Waals surface area (Å²) >= 11 is 5.91. The number of hydrogen-bond acceptors (Lipinski definition) is 5. The summed E-state index contributed by atoms with van der Waals surface area (Å²) in [6, 6.07) is 14.2.